The number of hydrogen-bond donors (Lipinski definition) is 0. The minimum atomic E-state index is 0.786. The van der Waals surface area contributed by atoms with E-state index in [1.807, 2.05) is 12.4 Å². The number of fused-ring (bicyclic) bond motifs is 3. The van der Waals surface area contributed by atoms with E-state index in [4.69, 9.17) is 0 Å². The maximum Gasteiger partial charge on any atom is 0.0574 e. The minimum Gasteiger partial charge on any atom is -0.288 e. The maximum absolute atomic E-state index is 4.31. The van der Waals surface area contributed by atoms with Crippen molar-refractivity contribution in [2.75, 3.05) is 13.1 Å². The Morgan fingerprint density at radius 2 is 1.40 bits per heavy atom. The van der Waals surface area contributed by atoms with Crippen molar-refractivity contribution in [2.45, 2.75) is 0 Å². The molecule has 0 saturated carbocycles. The van der Waals surface area contributed by atoms with Gasteiger partial charge in [0.1, 0.15) is 0 Å². The standard InChI is InChI=1S/C12H10N2S/c1-3-9-10-4-2-6-14-8-12(10)15-11(9)7-13-5-1/h1-4,7-8H,5-6H2. The lowest BCUT2D eigenvalue weighted by atomic mass is 10.1. The SMILES string of the molecule is C1=Cc2c(sc3c2C=CCN=C3)C=NC1. The van der Waals surface area contributed by atoms with Crippen LogP contribution in [-0.2, 0) is 0 Å². The van der Waals surface area contributed by atoms with Crippen LogP contribution in [0.3, 0.4) is 0 Å². The molecule has 3 heteroatoms. The number of hydrogen-bond acceptors (Lipinski definition) is 3. The normalized spacial score (nSPS) is 17.1. The van der Waals surface area contributed by atoms with Crippen molar-refractivity contribution in [1.29, 1.82) is 0 Å². The molecular formula is C12H10N2S. The van der Waals surface area contributed by atoms with Crippen LogP contribution in [0, 0.1) is 0 Å². The molecular weight excluding hydrogens is 204 g/mol. The number of aliphatic imine (C=N–C) groups is 2. The highest BCUT2D eigenvalue weighted by atomic mass is 32.1. The summed E-state index contributed by atoms with van der Waals surface area (Å²) in [5.74, 6) is 0. The Balaban J connectivity index is 2.26. The Labute approximate surface area is 92.4 Å². The molecule has 0 fully saturated rings. The Hall–Kier alpha value is -1.48. The predicted octanol–water partition coefficient (Wildman–Crippen LogP) is 2.64. The molecule has 0 spiro atoms. The second kappa shape index (κ2) is 3.59. The first-order valence-electron chi connectivity index (χ1n) is 4.94. The molecule has 3 rings (SSSR count). The zero-order valence-electron chi connectivity index (χ0n) is 8.18. The average Bonchev–Trinajstić information content (AvgIpc) is 2.51. The molecule has 0 unspecified atom stereocenters. The van der Waals surface area contributed by atoms with Crippen LogP contribution < -0.4 is 0 Å². The van der Waals surface area contributed by atoms with Crippen molar-refractivity contribution in [3.05, 3.63) is 33.0 Å². The van der Waals surface area contributed by atoms with Crippen LogP contribution in [0.4, 0.5) is 0 Å². The molecule has 1 aromatic rings. The summed E-state index contributed by atoms with van der Waals surface area (Å²) in [6.45, 7) is 1.57. The largest absolute Gasteiger partial charge is 0.288 e. The second-order valence-electron chi connectivity index (χ2n) is 3.45. The van der Waals surface area contributed by atoms with Crippen molar-refractivity contribution in [3.8, 4) is 0 Å². The molecule has 2 nitrogen and oxygen atoms in total. The van der Waals surface area contributed by atoms with Gasteiger partial charge in [0.15, 0.2) is 0 Å². The van der Waals surface area contributed by atoms with Crippen LogP contribution in [0.5, 0.6) is 0 Å². The molecule has 0 aromatic carbocycles. The Morgan fingerprint density at radius 3 is 1.93 bits per heavy atom. The van der Waals surface area contributed by atoms with Crippen LogP contribution in [0.1, 0.15) is 20.9 Å². The highest BCUT2D eigenvalue weighted by Crippen LogP contribution is 2.30. The monoisotopic (exact) mass is 214 g/mol. The molecule has 0 amide bonds. The third kappa shape index (κ3) is 1.49. The molecule has 0 aliphatic carbocycles. The van der Waals surface area contributed by atoms with Crippen molar-refractivity contribution in [3.63, 3.8) is 0 Å². The first-order valence-corrected chi connectivity index (χ1v) is 5.76. The van der Waals surface area contributed by atoms with Gasteiger partial charge in [-0.25, -0.2) is 0 Å². The van der Waals surface area contributed by atoms with Crippen LogP contribution in [0.2, 0.25) is 0 Å². The van der Waals surface area contributed by atoms with Crippen molar-refractivity contribution in [2.24, 2.45) is 9.98 Å². The first-order chi connectivity index (χ1) is 7.45. The van der Waals surface area contributed by atoms with Crippen LogP contribution in [0.15, 0.2) is 22.1 Å². The zero-order valence-corrected chi connectivity index (χ0v) is 9.00. The smallest absolute Gasteiger partial charge is 0.0574 e. The molecule has 0 saturated heterocycles. The fourth-order valence-corrected chi connectivity index (χ4v) is 2.83. The molecule has 2 aliphatic heterocycles. The molecule has 15 heavy (non-hydrogen) atoms. The van der Waals surface area contributed by atoms with E-state index in [9.17, 15) is 0 Å². The molecule has 2 aliphatic rings. The lowest BCUT2D eigenvalue weighted by Crippen LogP contribution is -1.81. The van der Waals surface area contributed by atoms with Gasteiger partial charge in [-0.3, -0.25) is 9.98 Å². The van der Waals surface area contributed by atoms with Crippen molar-refractivity contribution < 1.29 is 0 Å². The van der Waals surface area contributed by atoms with Gasteiger partial charge in [-0.2, -0.15) is 0 Å². The van der Waals surface area contributed by atoms with Gasteiger partial charge in [0.25, 0.3) is 0 Å². The van der Waals surface area contributed by atoms with Crippen LogP contribution in [-0.4, -0.2) is 25.5 Å². The van der Waals surface area contributed by atoms with Gasteiger partial charge in [0.2, 0.25) is 0 Å². The summed E-state index contributed by atoms with van der Waals surface area (Å²) in [5, 5.41) is 0. The summed E-state index contributed by atoms with van der Waals surface area (Å²) < 4.78 is 0. The van der Waals surface area contributed by atoms with E-state index in [1.165, 1.54) is 20.9 Å². The summed E-state index contributed by atoms with van der Waals surface area (Å²) in [6.07, 6.45) is 12.5. The van der Waals surface area contributed by atoms with E-state index in [1.54, 1.807) is 11.3 Å². The van der Waals surface area contributed by atoms with Crippen molar-refractivity contribution >= 4 is 35.9 Å². The topological polar surface area (TPSA) is 24.7 Å². The quantitative estimate of drug-likeness (QED) is 0.634. The Kier molecular flexibility index (Phi) is 2.10. The maximum atomic E-state index is 4.31. The van der Waals surface area contributed by atoms with Crippen LogP contribution in [0.25, 0.3) is 12.2 Å². The lowest BCUT2D eigenvalue weighted by molar-refractivity contribution is 1.27. The third-order valence-corrected chi connectivity index (χ3v) is 3.54. The summed E-state index contributed by atoms with van der Waals surface area (Å²) in [4.78, 5) is 11.1. The highest BCUT2D eigenvalue weighted by molar-refractivity contribution is 7.16. The highest BCUT2D eigenvalue weighted by Gasteiger charge is 2.13. The fraction of sp³-hybridized carbons (Fsp3) is 0.167. The molecule has 74 valence electrons. The molecule has 0 bridgehead atoms. The number of rotatable bonds is 0. The van der Waals surface area contributed by atoms with Gasteiger partial charge in [0.05, 0.1) is 22.8 Å². The number of thiophene rings is 1. The molecule has 1 aromatic heterocycles. The first kappa shape index (κ1) is 8.80. The summed E-state index contributed by atoms with van der Waals surface area (Å²) >= 11 is 1.76. The van der Waals surface area contributed by atoms with Gasteiger partial charge >= 0.3 is 0 Å². The van der Waals surface area contributed by atoms with Gasteiger partial charge in [0, 0.05) is 23.6 Å². The molecule has 0 radical (unpaired) electrons. The van der Waals surface area contributed by atoms with Crippen LogP contribution >= 0.6 is 11.3 Å². The van der Waals surface area contributed by atoms with Gasteiger partial charge in [-0.1, -0.05) is 24.3 Å². The van der Waals surface area contributed by atoms with E-state index >= 15 is 0 Å². The van der Waals surface area contributed by atoms with E-state index in [-0.39, 0.29) is 0 Å². The van der Waals surface area contributed by atoms with Gasteiger partial charge in [-0.15, -0.1) is 11.3 Å². The van der Waals surface area contributed by atoms with E-state index in [0.29, 0.717) is 0 Å². The predicted molar refractivity (Wildman–Crippen MR) is 67.3 cm³/mol. The molecule has 0 N–H and O–H groups in total. The summed E-state index contributed by atoms with van der Waals surface area (Å²) in [6, 6.07) is 0. The van der Waals surface area contributed by atoms with Crippen molar-refractivity contribution in [1.82, 2.24) is 0 Å². The summed E-state index contributed by atoms with van der Waals surface area (Å²) in [7, 11) is 0. The lowest BCUT2D eigenvalue weighted by Gasteiger charge is -1.93. The van der Waals surface area contributed by atoms with Gasteiger partial charge < -0.3 is 0 Å². The van der Waals surface area contributed by atoms with E-state index in [2.05, 4.69) is 34.3 Å². The second-order valence-corrected chi connectivity index (χ2v) is 4.53. The fourth-order valence-electron chi connectivity index (χ4n) is 1.76. The molecule has 3 heterocycles. The van der Waals surface area contributed by atoms with Gasteiger partial charge in [-0.05, 0) is 0 Å². The number of nitrogens with zero attached hydrogens (tertiary/aromatic N) is 2. The Morgan fingerprint density at radius 1 is 0.867 bits per heavy atom. The van der Waals surface area contributed by atoms with E-state index in [0.717, 1.165) is 13.1 Å². The molecule has 0 atom stereocenters. The minimum absolute atomic E-state index is 0.786. The zero-order chi connectivity index (χ0) is 10.1. The third-order valence-electron chi connectivity index (χ3n) is 2.45. The van der Waals surface area contributed by atoms with E-state index < -0.39 is 0 Å². The average molecular weight is 214 g/mol. The summed E-state index contributed by atoms with van der Waals surface area (Å²) in [5.41, 5.74) is 2.58. The Bertz CT molecular complexity index is 459.